The fraction of sp³-hybridized carbons (Fsp3) is 0.235. The maximum atomic E-state index is 13.1. The lowest BCUT2D eigenvalue weighted by Crippen LogP contribution is -2.26. The molecule has 0 unspecified atom stereocenters. The predicted octanol–water partition coefficient (Wildman–Crippen LogP) is 3.00. The molecule has 110 valence electrons. The van der Waals surface area contributed by atoms with Gasteiger partial charge in [-0.15, -0.1) is 0 Å². The summed E-state index contributed by atoms with van der Waals surface area (Å²) in [5.41, 5.74) is 8.32. The summed E-state index contributed by atoms with van der Waals surface area (Å²) in [6, 6.07) is 13.8. The van der Waals surface area contributed by atoms with Gasteiger partial charge in [-0.1, -0.05) is 30.3 Å². The summed E-state index contributed by atoms with van der Waals surface area (Å²) in [6.07, 6.45) is 0.999. The van der Waals surface area contributed by atoms with E-state index in [0.717, 1.165) is 11.1 Å². The summed E-state index contributed by atoms with van der Waals surface area (Å²) in [5.74, 6) is -0.270. The van der Waals surface area contributed by atoms with Crippen molar-refractivity contribution in [2.75, 3.05) is 12.8 Å². The molecule has 2 aromatic carbocycles. The minimum absolute atomic E-state index is 0.0162. The van der Waals surface area contributed by atoms with Crippen LogP contribution < -0.4 is 5.73 Å². The predicted molar refractivity (Wildman–Crippen MR) is 82.0 cm³/mol. The van der Waals surface area contributed by atoms with Crippen LogP contribution >= 0.6 is 0 Å². The van der Waals surface area contributed by atoms with Crippen LogP contribution in [0.4, 0.5) is 10.1 Å². The lowest BCUT2D eigenvalue weighted by molar-refractivity contribution is -0.130. The Bertz CT molecular complexity index is 628. The number of anilines is 1. The molecule has 0 heterocycles. The van der Waals surface area contributed by atoms with Gasteiger partial charge in [-0.2, -0.15) is 0 Å². The second kappa shape index (κ2) is 6.88. The molecule has 0 aliphatic heterocycles. The van der Waals surface area contributed by atoms with Gasteiger partial charge < -0.3 is 10.6 Å². The van der Waals surface area contributed by atoms with Gasteiger partial charge in [-0.25, -0.2) is 4.39 Å². The highest BCUT2D eigenvalue weighted by atomic mass is 19.1. The molecule has 0 saturated heterocycles. The Kier molecular flexibility index (Phi) is 4.93. The molecule has 2 N–H and O–H groups in total. The van der Waals surface area contributed by atoms with Gasteiger partial charge in [-0.05, 0) is 35.7 Å². The third-order valence-corrected chi connectivity index (χ3v) is 3.40. The topological polar surface area (TPSA) is 46.3 Å². The van der Waals surface area contributed by atoms with Crippen LogP contribution in [0.3, 0.4) is 0 Å². The van der Waals surface area contributed by atoms with Crippen molar-refractivity contribution in [2.24, 2.45) is 0 Å². The van der Waals surface area contributed by atoms with Crippen LogP contribution in [0.15, 0.2) is 48.5 Å². The third kappa shape index (κ3) is 4.31. The van der Waals surface area contributed by atoms with E-state index in [9.17, 15) is 9.18 Å². The van der Waals surface area contributed by atoms with Gasteiger partial charge >= 0.3 is 0 Å². The second-order valence-electron chi connectivity index (χ2n) is 5.08. The maximum Gasteiger partial charge on any atom is 0.222 e. The van der Waals surface area contributed by atoms with Crippen LogP contribution in [-0.2, 0) is 17.8 Å². The molecular weight excluding hydrogens is 267 g/mol. The molecule has 3 nitrogen and oxygen atoms in total. The monoisotopic (exact) mass is 286 g/mol. The van der Waals surface area contributed by atoms with E-state index in [2.05, 4.69) is 0 Å². The van der Waals surface area contributed by atoms with Crippen molar-refractivity contribution >= 4 is 11.6 Å². The summed E-state index contributed by atoms with van der Waals surface area (Å²) in [6.45, 7) is 0.404. The Morgan fingerprint density at radius 2 is 1.95 bits per heavy atom. The number of hydrogen-bond acceptors (Lipinski definition) is 2. The van der Waals surface area contributed by atoms with Gasteiger partial charge in [0.25, 0.3) is 0 Å². The average molecular weight is 286 g/mol. The van der Waals surface area contributed by atoms with Crippen molar-refractivity contribution in [1.29, 1.82) is 0 Å². The van der Waals surface area contributed by atoms with E-state index in [1.807, 2.05) is 30.3 Å². The maximum absolute atomic E-state index is 13.1. The fourth-order valence-electron chi connectivity index (χ4n) is 2.19. The summed E-state index contributed by atoms with van der Waals surface area (Å²) in [4.78, 5) is 13.7. The minimum atomic E-state index is -0.287. The van der Waals surface area contributed by atoms with Crippen LogP contribution in [0, 0.1) is 5.82 Å². The highest BCUT2D eigenvalue weighted by Gasteiger charge is 2.10. The lowest BCUT2D eigenvalue weighted by Gasteiger charge is -2.17. The number of nitrogens with two attached hydrogens (primary N) is 1. The molecule has 2 aromatic rings. The molecule has 0 spiro atoms. The number of carbonyl (C=O) groups is 1. The highest BCUT2D eigenvalue weighted by molar-refractivity contribution is 5.76. The van der Waals surface area contributed by atoms with Crippen molar-refractivity contribution in [3.05, 3.63) is 65.5 Å². The first-order valence-corrected chi connectivity index (χ1v) is 6.88. The molecule has 4 heteroatoms. The Morgan fingerprint density at radius 1 is 1.19 bits per heavy atom. The quantitative estimate of drug-likeness (QED) is 0.859. The van der Waals surface area contributed by atoms with Gasteiger partial charge in [0, 0.05) is 25.7 Å². The number of hydrogen-bond donors (Lipinski definition) is 1. The molecule has 0 aliphatic carbocycles. The van der Waals surface area contributed by atoms with Crippen LogP contribution in [0.5, 0.6) is 0 Å². The number of aryl methyl sites for hydroxylation is 1. The highest BCUT2D eigenvalue weighted by Crippen LogP contribution is 2.14. The first-order valence-electron chi connectivity index (χ1n) is 6.88. The molecule has 1 amide bonds. The number of halogens is 1. The molecule has 21 heavy (non-hydrogen) atoms. The molecule has 2 rings (SSSR count). The van der Waals surface area contributed by atoms with Gasteiger partial charge in [0.15, 0.2) is 0 Å². The van der Waals surface area contributed by atoms with E-state index in [1.165, 1.54) is 12.1 Å². The number of carbonyl (C=O) groups excluding carboxylic acids is 1. The number of amides is 1. The lowest BCUT2D eigenvalue weighted by atomic mass is 10.1. The average Bonchev–Trinajstić information content (AvgIpc) is 2.46. The second-order valence-corrected chi connectivity index (χ2v) is 5.08. The number of nitrogens with zero attached hydrogens (tertiary/aromatic N) is 1. The van der Waals surface area contributed by atoms with E-state index in [1.54, 1.807) is 18.0 Å². The van der Waals surface area contributed by atoms with Crippen molar-refractivity contribution in [2.45, 2.75) is 19.4 Å². The minimum Gasteiger partial charge on any atom is -0.399 e. The number of rotatable bonds is 5. The van der Waals surface area contributed by atoms with Crippen molar-refractivity contribution < 1.29 is 9.18 Å². The zero-order valence-electron chi connectivity index (χ0n) is 12.1. The Hall–Kier alpha value is -2.36. The SMILES string of the molecule is CN(Cc1cccc(F)c1)C(=O)CCc1ccccc1N. The fourth-order valence-corrected chi connectivity index (χ4v) is 2.19. The summed E-state index contributed by atoms with van der Waals surface area (Å²) in [5, 5.41) is 0. The molecule has 0 aromatic heterocycles. The molecule has 0 radical (unpaired) electrons. The normalized spacial score (nSPS) is 10.4. The number of nitrogen functional groups attached to an aromatic ring is 1. The van der Waals surface area contributed by atoms with E-state index in [0.29, 0.717) is 25.1 Å². The molecule has 0 atom stereocenters. The van der Waals surface area contributed by atoms with E-state index >= 15 is 0 Å². The molecule has 0 bridgehead atoms. The van der Waals surface area contributed by atoms with Crippen molar-refractivity contribution in [3.63, 3.8) is 0 Å². The van der Waals surface area contributed by atoms with Crippen molar-refractivity contribution in [1.82, 2.24) is 4.90 Å². The van der Waals surface area contributed by atoms with Crippen LogP contribution in [-0.4, -0.2) is 17.9 Å². The summed E-state index contributed by atoms with van der Waals surface area (Å²) < 4.78 is 13.1. The summed E-state index contributed by atoms with van der Waals surface area (Å²) >= 11 is 0. The summed E-state index contributed by atoms with van der Waals surface area (Å²) in [7, 11) is 1.72. The van der Waals surface area contributed by atoms with Gasteiger partial charge in [-0.3, -0.25) is 4.79 Å². The molecule has 0 aliphatic rings. The third-order valence-electron chi connectivity index (χ3n) is 3.40. The largest absolute Gasteiger partial charge is 0.399 e. The van der Waals surface area contributed by atoms with E-state index < -0.39 is 0 Å². The first-order chi connectivity index (χ1) is 10.1. The zero-order valence-corrected chi connectivity index (χ0v) is 12.1. The molecule has 0 saturated carbocycles. The van der Waals surface area contributed by atoms with Crippen LogP contribution in [0.25, 0.3) is 0 Å². The molecular formula is C17H19FN2O. The number of benzene rings is 2. The van der Waals surface area contributed by atoms with Gasteiger partial charge in [0.1, 0.15) is 5.82 Å². The Balaban J connectivity index is 1.90. The number of para-hydroxylation sites is 1. The Morgan fingerprint density at radius 3 is 2.67 bits per heavy atom. The zero-order chi connectivity index (χ0) is 15.2. The van der Waals surface area contributed by atoms with Crippen LogP contribution in [0.1, 0.15) is 17.5 Å². The Labute approximate surface area is 124 Å². The van der Waals surface area contributed by atoms with Gasteiger partial charge in [0.05, 0.1) is 0 Å². The standard InChI is InChI=1S/C17H19FN2O/c1-20(12-13-5-4-7-15(18)11-13)17(21)10-9-14-6-2-3-8-16(14)19/h2-8,11H,9-10,12,19H2,1H3. The van der Waals surface area contributed by atoms with E-state index in [-0.39, 0.29) is 11.7 Å². The smallest absolute Gasteiger partial charge is 0.222 e. The molecule has 0 fully saturated rings. The van der Waals surface area contributed by atoms with E-state index in [4.69, 9.17) is 5.73 Å². The first kappa shape index (κ1) is 15.0. The van der Waals surface area contributed by atoms with Crippen molar-refractivity contribution in [3.8, 4) is 0 Å². The van der Waals surface area contributed by atoms with Gasteiger partial charge in [0.2, 0.25) is 5.91 Å². The van der Waals surface area contributed by atoms with Crippen LogP contribution in [0.2, 0.25) is 0 Å².